The fraction of sp³-hybridized carbons (Fsp3) is 0.333. The average Bonchev–Trinajstić information content (AvgIpc) is 2.94. The monoisotopic (exact) mass is 629 g/mol. The van der Waals surface area contributed by atoms with E-state index >= 15 is 0 Å². The molecule has 0 N–H and O–H groups in total. The number of hydrogen-bond donors (Lipinski definition) is 0. The minimum Gasteiger partial charge on any atom is -0.377 e. The Kier molecular flexibility index (Phi) is 7.61. The zero-order valence-electron chi connectivity index (χ0n) is 25.4. The van der Waals surface area contributed by atoms with E-state index in [-0.39, 0.29) is 38.1 Å². The molecule has 1 aliphatic heterocycles. The van der Waals surface area contributed by atoms with E-state index in [0.717, 1.165) is 17.0 Å². The van der Waals surface area contributed by atoms with E-state index in [0.29, 0.717) is 48.9 Å². The van der Waals surface area contributed by atoms with Crippen LogP contribution in [0.3, 0.4) is 0 Å². The van der Waals surface area contributed by atoms with Crippen LogP contribution in [0.25, 0.3) is 0 Å². The van der Waals surface area contributed by atoms with Gasteiger partial charge in [-0.1, -0.05) is 93.9 Å². The van der Waals surface area contributed by atoms with E-state index in [1.165, 1.54) is 18.2 Å². The number of hydrogen-bond acceptors (Lipinski definition) is 6. The molecule has 0 amide bonds. The molecule has 8 heteroatoms. The molecule has 0 saturated carbocycles. The fourth-order valence-electron chi connectivity index (χ4n) is 6.86. The van der Waals surface area contributed by atoms with E-state index in [1.807, 2.05) is 18.2 Å². The van der Waals surface area contributed by atoms with Crippen LogP contribution >= 0.6 is 11.6 Å². The van der Waals surface area contributed by atoms with Gasteiger partial charge in [0.2, 0.25) is 0 Å². The lowest BCUT2D eigenvalue weighted by molar-refractivity contribution is -0.119. The van der Waals surface area contributed by atoms with Crippen molar-refractivity contribution in [1.29, 1.82) is 0 Å². The van der Waals surface area contributed by atoms with Crippen LogP contribution in [0.15, 0.2) is 106 Å². The van der Waals surface area contributed by atoms with Crippen molar-refractivity contribution < 1.29 is 22.2 Å². The average molecular weight is 630 g/mol. The van der Waals surface area contributed by atoms with Gasteiger partial charge in [-0.2, -0.15) is 8.42 Å². The number of benzene rings is 3. The molecule has 3 aromatic rings. The third-order valence-corrected chi connectivity index (χ3v) is 10.3. The van der Waals surface area contributed by atoms with Crippen LogP contribution in [0, 0.1) is 10.8 Å². The van der Waals surface area contributed by atoms with Gasteiger partial charge in [0.15, 0.2) is 17.3 Å². The summed E-state index contributed by atoms with van der Waals surface area (Å²) in [6, 6.07) is 22.9. The van der Waals surface area contributed by atoms with Crippen molar-refractivity contribution in [3.8, 4) is 5.75 Å². The summed E-state index contributed by atoms with van der Waals surface area (Å²) in [7, 11) is -4.11. The number of Topliss-reactive ketones (excluding diaryl/α,β-unsaturated/α-hetero) is 2. The molecule has 44 heavy (non-hydrogen) atoms. The van der Waals surface area contributed by atoms with Crippen molar-refractivity contribution in [2.75, 3.05) is 0 Å². The lowest BCUT2D eigenvalue weighted by Gasteiger charge is -2.49. The number of carbonyl (C=O) groups is 2. The van der Waals surface area contributed by atoms with Crippen molar-refractivity contribution in [1.82, 2.24) is 4.90 Å². The van der Waals surface area contributed by atoms with Crippen LogP contribution < -0.4 is 4.18 Å². The van der Waals surface area contributed by atoms with Gasteiger partial charge in [0.1, 0.15) is 4.90 Å². The maximum atomic E-state index is 14.1. The van der Waals surface area contributed by atoms with Gasteiger partial charge in [0, 0.05) is 47.8 Å². The molecule has 0 bridgehead atoms. The Morgan fingerprint density at radius 2 is 1.30 bits per heavy atom. The Balaban J connectivity index is 1.49. The number of allylic oxidation sites excluding steroid dienone is 4. The quantitative estimate of drug-likeness (QED) is 0.257. The van der Waals surface area contributed by atoms with Crippen LogP contribution in [-0.4, -0.2) is 24.9 Å². The molecular formula is C36H36ClNO5S. The molecule has 3 aliphatic rings. The standard InChI is InChI=1S/C36H36ClNO5S/c1-35(2)18-27-33(29(39)20-35)32(24-15-16-31(26(37)17-24)43-44(41,42)25-13-9-6-10-14-25)34-28(19-36(3,4)21-30(34)40)38(27)22-23-11-7-5-8-12-23/h5-17,32H,18-22H2,1-4H3. The maximum absolute atomic E-state index is 14.1. The lowest BCUT2D eigenvalue weighted by Crippen LogP contribution is -2.44. The zero-order chi connectivity index (χ0) is 31.4. The molecular weight excluding hydrogens is 594 g/mol. The highest BCUT2D eigenvalue weighted by molar-refractivity contribution is 7.87. The first-order valence-corrected chi connectivity index (χ1v) is 16.7. The minimum absolute atomic E-state index is 0.0151. The zero-order valence-corrected chi connectivity index (χ0v) is 27.0. The van der Waals surface area contributed by atoms with Crippen molar-refractivity contribution >= 4 is 33.3 Å². The Hall–Kier alpha value is -3.68. The van der Waals surface area contributed by atoms with Crippen LogP contribution in [0.4, 0.5) is 0 Å². The lowest BCUT2D eigenvalue weighted by atomic mass is 9.63. The van der Waals surface area contributed by atoms with Crippen LogP contribution in [0.2, 0.25) is 5.02 Å². The molecule has 0 aromatic heterocycles. The van der Waals surface area contributed by atoms with Crippen molar-refractivity contribution in [2.45, 2.75) is 70.7 Å². The predicted octanol–water partition coefficient (Wildman–Crippen LogP) is 7.99. The van der Waals surface area contributed by atoms with E-state index < -0.39 is 16.0 Å². The van der Waals surface area contributed by atoms with Crippen LogP contribution in [-0.2, 0) is 26.3 Å². The topological polar surface area (TPSA) is 80.8 Å². The summed E-state index contributed by atoms with van der Waals surface area (Å²) in [5.41, 5.74) is 4.44. The smallest absolute Gasteiger partial charge is 0.339 e. The molecule has 3 aromatic carbocycles. The second kappa shape index (κ2) is 11.0. The van der Waals surface area contributed by atoms with Crippen molar-refractivity contribution in [2.24, 2.45) is 10.8 Å². The van der Waals surface area contributed by atoms with Gasteiger partial charge in [-0.25, -0.2) is 0 Å². The first kappa shape index (κ1) is 30.4. The van der Waals surface area contributed by atoms with Crippen molar-refractivity contribution in [3.63, 3.8) is 0 Å². The number of halogens is 1. The summed E-state index contributed by atoms with van der Waals surface area (Å²) in [5.74, 6) is -0.578. The summed E-state index contributed by atoms with van der Waals surface area (Å²) in [6.45, 7) is 9.00. The molecule has 0 unspecified atom stereocenters. The predicted molar refractivity (Wildman–Crippen MR) is 171 cm³/mol. The molecule has 228 valence electrons. The molecule has 0 spiro atoms. The Labute approximate surface area is 264 Å². The maximum Gasteiger partial charge on any atom is 0.339 e. The van der Waals surface area contributed by atoms with Gasteiger partial charge in [-0.15, -0.1) is 0 Å². The SMILES string of the molecule is CC1(C)CC(=O)C2=C(C1)N(Cc1ccccc1)C1=C(C(=O)CC(C)(C)C1)C2c1ccc(OS(=O)(=O)c2ccccc2)c(Cl)c1. The minimum atomic E-state index is -4.11. The normalized spacial score (nSPS) is 20.0. The van der Waals surface area contributed by atoms with Gasteiger partial charge >= 0.3 is 10.1 Å². The first-order chi connectivity index (χ1) is 20.7. The molecule has 0 radical (unpaired) electrons. The fourth-order valence-corrected chi connectivity index (χ4v) is 8.10. The molecule has 6 nitrogen and oxygen atoms in total. The molecule has 2 aliphatic carbocycles. The second-order valence-corrected chi connectivity index (χ2v) is 15.6. The molecule has 0 saturated heterocycles. The van der Waals surface area contributed by atoms with Crippen LogP contribution in [0.1, 0.15) is 70.4 Å². The number of rotatable bonds is 6. The number of ketones is 2. The summed E-state index contributed by atoms with van der Waals surface area (Å²) in [5, 5.41) is 0.0881. The first-order valence-electron chi connectivity index (χ1n) is 14.9. The van der Waals surface area contributed by atoms with E-state index in [1.54, 1.807) is 30.3 Å². The largest absolute Gasteiger partial charge is 0.377 e. The van der Waals surface area contributed by atoms with Gasteiger partial charge < -0.3 is 9.08 Å². The van der Waals surface area contributed by atoms with E-state index in [9.17, 15) is 18.0 Å². The van der Waals surface area contributed by atoms with Gasteiger partial charge in [0.25, 0.3) is 0 Å². The molecule has 6 rings (SSSR count). The highest BCUT2D eigenvalue weighted by Crippen LogP contribution is 2.55. The third-order valence-electron chi connectivity index (χ3n) is 8.73. The Morgan fingerprint density at radius 3 is 1.82 bits per heavy atom. The highest BCUT2D eigenvalue weighted by atomic mass is 35.5. The van der Waals surface area contributed by atoms with E-state index in [2.05, 4.69) is 44.7 Å². The van der Waals surface area contributed by atoms with Gasteiger partial charge in [0.05, 0.1) is 5.02 Å². The summed E-state index contributed by atoms with van der Waals surface area (Å²) in [6.07, 6.45) is 2.11. The summed E-state index contributed by atoms with van der Waals surface area (Å²) in [4.78, 5) is 30.4. The molecule has 0 atom stereocenters. The molecule has 0 fully saturated rings. The molecule has 1 heterocycles. The Morgan fingerprint density at radius 1 is 0.773 bits per heavy atom. The van der Waals surface area contributed by atoms with Crippen molar-refractivity contribution in [3.05, 3.63) is 118 Å². The number of carbonyl (C=O) groups excluding carboxylic acids is 2. The second-order valence-electron chi connectivity index (χ2n) is 13.6. The van der Waals surface area contributed by atoms with E-state index in [4.69, 9.17) is 15.8 Å². The van der Waals surface area contributed by atoms with Gasteiger partial charge in [-0.3, -0.25) is 9.59 Å². The van der Waals surface area contributed by atoms with Crippen LogP contribution in [0.5, 0.6) is 5.75 Å². The summed E-state index contributed by atoms with van der Waals surface area (Å²) < 4.78 is 31.3. The summed E-state index contributed by atoms with van der Waals surface area (Å²) >= 11 is 6.69. The third kappa shape index (κ3) is 5.75. The number of nitrogens with zero attached hydrogens (tertiary/aromatic N) is 1. The highest BCUT2D eigenvalue weighted by Gasteiger charge is 2.49. The Bertz CT molecular complexity index is 1770. The van der Waals surface area contributed by atoms with Gasteiger partial charge in [-0.05, 0) is 59.1 Å².